The van der Waals surface area contributed by atoms with Crippen LogP contribution >= 0.6 is 22.7 Å². The molecule has 166 valence electrons. The van der Waals surface area contributed by atoms with Gasteiger partial charge in [0.2, 0.25) is 0 Å². The molecule has 0 aliphatic carbocycles. The van der Waals surface area contributed by atoms with E-state index in [-0.39, 0.29) is 17.1 Å². The van der Waals surface area contributed by atoms with Gasteiger partial charge in [-0.3, -0.25) is 9.59 Å². The van der Waals surface area contributed by atoms with Gasteiger partial charge in [0.1, 0.15) is 10.7 Å². The molecule has 8 heteroatoms. The molecule has 5 rings (SSSR count). The Bertz CT molecular complexity index is 1130. The standard InChI is InChI=1S/C24H26N4O2S2/c1-16(29)17-5-6-18(20(12-17)28-10-3-7-24(15-28)8-9-25-14-24)26-22(30)19-13-32-23(27-19)21-4-2-11-31-21/h2,4-6,11-13,25H,3,7-10,14-15H2,1H3,(H,26,30). The topological polar surface area (TPSA) is 74.3 Å². The van der Waals surface area contributed by atoms with Crippen LogP contribution in [0.3, 0.4) is 0 Å². The van der Waals surface area contributed by atoms with Crippen LogP contribution in [0.5, 0.6) is 0 Å². The number of hydrogen-bond donors (Lipinski definition) is 2. The molecule has 3 aromatic rings. The summed E-state index contributed by atoms with van der Waals surface area (Å²) in [6.45, 7) is 5.52. The molecular weight excluding hydrogens is 440 g/mol. The number of Topliss-reactive ketones (excluding diaryl/α,β-unsaturated/α-hetero) is 1. The number of ketones is 1. The van der Waals surface area contributed by atoms with Crippen LogP contribution in [0.4, 0.5) is 11.4 Å². The lowest BCUT2D eigenvalue weighted by molar-refractivity contribution is 0.101. The summed E-state index contributed by atoms with van der Waals surface area (Å²) in [6.07, 6.45) is 3.49. The van der Waals surface area contributed by atoms with Crippen LogP contribution in [0.1, 0.15) is 47.0 Å². The van der Waals surface area contributed by atoms with Gasteiger partial charge < -0.3 is 15.5 Å². The fourth-order valence-corrected chi connectivity index (χ4v) is 6.37. The molecular formula is C24H26N4O2S2. The number of hydrogen-bond acceptors (Lipinski definition) is 7. The van der Waals surface area contributed by atoms with Gasteiger partial charge in [-0.1, -0.05) is 6.07 Å². The summed E-state index contributed by atoms with van der Waals surface area (Å²) in [4.78, 5) is 33.1. The molecule has 1 unspecified atom stereocenters. The van der Waals surface area contributed by atoms with Crippen LogP contribution in [0, 0.1) is 5.41 Å². The zero-order valence-corrected chi connectivity index (χ0v) is 19.7. The van der Waals surface area contributed by atoms with Crippen molar-refractivity contribution in [1.29, 1.82) is 0 Å². The Labute approximate surface area is 195 Å². The first-order chi connectivity index (χ1) is 15.5. The van der Waals surface area contributed by atoms with E-state index in [2.05, 4.69) is 20.5 Å². The van der Waals surface area contributed by atoms with Crippen molar-refractivity contribution in [1.82, 2.24) is 10.3 Å². The maximum atomic E-state index is 13.0. The maximum Gasteiger partial charge on any atom is 0.275 e. The Morgan fingerprint density at radius 2 is 2.12 bits per heavy atom. The SMILES string of the molecule is CC(=O)c1ccc(NC(=O)c2csc(-c3cccs3)n2)c(N2CCCC3(CCNC3)C2)c1. The highest BCUT2D eigenvalue weighted by molar-refractivity contribution is 7.20. The van der Waals surface area contributed by atoms with Crippen LogP contribution in [0.2, 0.25) is 0 Å². The number of aromatic nitrogens is 1. The fraction of sp³-hybridized carbons (Fsp3) is 0.375. The predicted octanol–water partition coefficient (Wildman–Crippen LogP) is 4.91. The van der Waals surface area contributed by atoms with Gasteiger partial charge in [0.15, 0.2) is 5.78 Å². The number of thiazole rings is 1. The average molecular weight is 467 g/mol. The third-order valence-electron chi connectivity index (χ3n) is 6.46. The van der Waals surface area contributed by atoms with Crippen molar-refractivity contribution < 1.29 is 9.59 Å². The number of thiophene rings is 1. The lowest BCUT2D eigenvalue weighted by Gasteiger charge is -2.42. The summed E-state index contributed by atoms with van der Waals surface area (Å²) in [5.74, 6) is -0.200. The minimum atomic E-state index is -0.227. The molecule has 2 aromatic heterocycles. The average Bonchev–Trinajstić information content (AvgIpc) is 3.56. The predicted molar refractivity (Wildman–Crippen MR) is 131 cm³/mol. The molecule has 0 saturated carbocycles. The number of benzene rings is 1. The van der Waals surface area contributed by atoms with Gasteiger partial charge in [0, 0.05) is 36.0 Å². The van der Waals surface area contributed by atoms with E-state index in [9.17, 15) is 9.59 Å². The Hall–Kier alpha value is -2.55. The largest absolute Gasteiger partial charge is 0.369 e. The number of carbonyl (C=O) groups excluding carboxylic acids is 2. The number of carbonyl (C=O) groups is 2. The third kappa shape index (κ3) is 4.22. The van der Waals surface area contributed by atoms with Crippen molar-refractivity contribution in [2.24, 2.45) is 5.41 Å². The Morgan fingerprint density at radius 3 is 2.88 bits per heavy atom. The zero-order valence-electron chi connectivity index (χ0n) is 18.0. The molecule has 2 aliphatic rings. The molecule has 2 aliphatic heterocycles. The number of nitrogens with one attached hydrogen (secondary N) is 2. The molecule has 2 saturated heterocycles. The number of amides is 1. The molecule has 0 radical (unpaired) electrons. The maximum absolute atomic E-state index is 13.0. The minimum Gasteiger partial charge on any atom is -0.369 e. The van der Waals surface area contributed by atoms with Gasteiger partial charge in [-0.15, -0.1) is 22.7 Å². The molecule has 1 amide bonds. The van der Waals surface area contributed by atoms with Crippen LogP contribution in [-0.2, 0) is 0 Å². The minimum absolute atomic E-state index is 0.0264. The van der Waals surface area contributed by atoms with Crippen molar-refractivity contribution in [2.75, 3.05) is 36.4 Å². The highest BCUT2D eigenvalue weighted by Gasteiger charge is 2.38. The normalized spacial score (nSPS) is 20.6. The van der Waals surface area contributed by atoms with Gasteiger partial charge in [-0.2, -0.15) is 0 Å². The van der Waals surface area contributed by atoms with Crippen molar-refractivity contribution in [2.45, 2.75) is 26.2 Å². The number of anilines is 2. The van der Waals surface area contributed by atoms with Gasteiger partial charge in [0.05, 0.1) is 16.3 Å². The molecule has 1 aromatic carbocycles. The highest BCUT2D eigenvalue weighted by Crippen LogP contribution is 2.40. The van der Waals surface area contributed by atoms with Crippen molar-refractivity contribution in [3.63, 3.8) is 0 Å². The molecule has 4 heterocycles. The highest BCUT2D eigenvalue weighted by atomic mass is 32.1. The van der Waals surface area contributed by atoms with Crippen LogP contribution < -0.4 is 15.5 Å². The lowest BCUT2D eigenvalue weighted by atomic mass is 9.79. The number of rotatable bonds is 5. The van der Waals surface area contributed by atoms with Gasteiger partial charge in [-0.05, 0) is 62.4 Å². The fourth-order valence-electron chi connectivity index (χ4n) is 4.75. The Kier molecular flexibility index (Phi) is 5.84. The summed E-state index contributed by atoms with van der Waals surface area (Å²) in [7, 11) is 0. The summed E-state index contributed by atoms with van der Waals surface area (Å²) >= 11 is 3.09. The number of piperidine rings is 1. The van der Waals surface area contributed by atoms with Gasteiger partial charge in [0.25, 0.3) is 5.91 Å². The second-order valence-electron chi connectivity index (χ2n) is 8.71. The van der Waals surface area contributed by atoms with E-state index >= 15 is 0 Å². The zero-order chi connectivity index (χ0) is 22.1. The van der Waals surface area contributed by atoms with E-state index in [4.69, 9.17) is 0 Å². The summed E-state index contributed by atoms with van der Waals surface area (Å²) < 4.78 is 0. The third-order valence-corrected chi connectivity index (χ3v) is 8.34. The second kappa shape index (κ2) is 8.77. The molecule has 2 N–H and O–H groups in total. The smallest absolute Gasteiger partial charge is 0.275 e. The van der Waals surface area contributed by atoms with Crippen LogP contribution in [0.15, 0.2) is 41.1 Å². The monoisotopic (exact) mass is 466 g/mol. The quantitative estimate of drug-likeness (QED) is 0.523. The Balaban J connectivity index is 1.42. The van der Waals surface area contributed by atoms with E-state index in [1.165, 1.54) is 24.2 Å². The molecule has 1 spiro atoms. The molecule has 1 atom stereocenters. The molecule has 32 heavy (non-hydrogen) atoms. The first-order valence-electron chi connectivity index (χ1n) is 10.9. The Morgan fingerprint density at radius 1 is 1.22 bits per heavy atom. The van der Waals surface area contributed by atoms with Crippen molar-refractivity contribution >= 4 is 45.7 Å². The van der Waals surface area contributed by atoms with Crippen molar-refractivity contribution in [3.05, 3.63) is 52.3 Å². The van der Waals surface area contributed by atoms with Crippen LogP contribution in [-0.4, -0.2) is 42.9 Å². The number of nitrogens with zero attached hydrogens (tertiary/aromatic N) is 2. The van der Waals surface area contributed by atoms with E-state index in [0.717, 1.165) is 53.9 Å². The van der Waals surface area contributed by atoms with Gasteiger partial charge >= 0.3 is 0 Å². The first kappa shape index (κ1) is 21.3. The first-order valence-corrected chi connectivity index (χ1v) is 12.7. The van der Waals surface area contributed by atoms with E-state index < -0.39 is 0 Å². The van der Waals surface area contributed by atoms with E-state index in [1.807, 2.05) is 29.6 Å². The van der Waals surface area contributed by atoms with E-state index in [1.54, 1.807) is 29.7 Å². The summed E-state index contributed by atoms with van der Waals surface area (Å²) in [5, 5.41) is 11.2. The summed E-state index contributed by atoms with van der Waals surface area (Å²) in [5.41, 5.74) is 3.00. The second-order valence-corrected chi connectivity index (χ2v) is 10.5. The molecule has 0 bridgehead atoms. The van der Waals surface area contributed by atoms with Crippen LogP contribution in [0.25, 0.3) is 9.88 Å². The van der Waals surface area contributed by atoms with Crippen molar-refractivity contribution in [3.8, 4) is 9.88 Å². The lowest BCUT2D eigenvalue weighted by Crippen LogP contribution is -2.44. The molecule has 6 nitrogen and oxygen atoms in total. The van der Waals surface area contributed by atoms with E-state index in [0.29, 0.717) is 11.3 Å². The summed E-state index contributed by atoms with van der Waals surface area (Å²) in [6, 6.07) is 9.56. The van der Waals surface area contributed by atoms with Gasteiger partial charge in [-0.25, -0.2) is 4.98 Å². The molecule has 2 fully saturated rings.